The van der Waals surface area contributed by atoms with E-state index in [1.54, 1.807) is 0 Å². The molecule has 0 N–H and O–H groups in total. The van der Waals surface area contributed by atoms with Crippen LogP contribution in [0.2, 0.25) is 0 Å². The number of rotatable bonds is 10. The standard InChI is InChI=1S/C52H53NO/c1-7-10-12-18-37-19-15-21-42(35(37)4)39-27-31-41(32-28-39)53(40-29-25-38(26-30-40)36(9-3)17-11-8-2)48-24-16-22-43-44-33-34-47-49(51(44)54-50(43)48)45-20-13-14-23-46(45)52(47,5)6/h8-9,11-12,14-19,21-25,27,29-31,33-34,38H,3,7,10,13,20,26,28,32H2,1-2,4-6H3/b11-8-,18-12-,36-17+. The Kier molecular flexibility index (Phi) is 9.80. The van der Waals surface area contributed by atoms with Gasteiger partial charge >= 0.3 is 0 Å². The molecule has 1 atom stereocenters. The molecule has 3 aromatic carbocycles. The summed E-state index contributed by atoms with van der Waals surface area (Å²) in [5.74, 6) is 0.290. The van der Waals surface area contributed by atoms with Gasteiger partial charge in [-0.05, 0) is 115 Å². The van der Waals surface area contributed by atoms with E-state index in [1.807, 2.05) is 6.08 Å². The van der Waals surface area contributed by atoms with E-state index in [2.05, 4.69) is 168 Å². The molecule has 0 spiro atoms. The molecule has 4 aromatic rings. The molecule has 4 aliphatic rings. The number of allylic oxidation sites excluding steroid dienone is 17. The van der Waals surface area contributed by atoms with E-state index in [9.17, 15) is 0 Å². The van der Waals surface area contributed by atoms with Crippen molar-refractivity contribution in [1.82, 2.24) is 0 Å². The van der Waals surface area contributed by atoms with Crippen LogP contribution < -0.4 is 4.90 Å². The maximum absolute atomic E-state index is 7.18. The molecule has 0 saturated carbocycles. The molecule has 4 aliphatic carbocycles. The van der Waals surface area contributed by atoms with Crippen LogP contribution in [0.3, 0.4) is 0 Å². The van der Waals surface area contributed by atoms with Gasteiger partial charge in [-0.1, -0.05) is 143 Å². The second-order valence-corrected chi connectivity index (χ2v) is 15.7. The average Bonchev–Trinajstić information content (AvgIpc) is 3.69. The Labute approximate surface area is 322 Å². The Morgan fingerprint density at radius 2 is 1.83 bits per heavy atom. The Bertz CT molecular complexity index is 2440. The highest BCUT2D eigenvalue weighted by Gasteiger charge is 2.39. The van der Waals surface area contributed by atoms with Crippen LogP contribution in [-0.4, -0.2) is 0 Å². The van der Waals surface area contributed by atoms with Crippen molar-refractivity contribution in [3.63, 3.8) is 0 Å². The molecule has 8 rings (SSSR count). The van der Waals surface area contributed by atoms with Crippen molar-refractivity contribution >= 4 is 44.8 Å². The van der Waals surface area contributed by atoms with Gasteiger partial charge in [0.1, 0.15) is 5.58 Å². The van der Waals surface area contributed by atoms with E-state index in [0.29, 0.717) is 0 Å². The van der Waals surface area contributed by atoms with Gasteiger partial charge in [-0.3, -0.25) is 0 Å². The summed E-state index contributed by atoms with van der Waals surface area (Å²) < 4.78 is 7.18. The fraction of sp³-hybridized carbons (Fsp3) is 0.269. The van der Waals surface area contributed by atoms with Crippen molar-refractivity contribution in [2.75, 3.05) is 4.90 Å². The number of furan rings is 1. The van der Waals surface area contributed by atoms with Gasteiger partial charge in [0.05, 0.1) is 5.69 Å². The number of para-hydroxylation sites is 1. The topological polar surface area (TPSA) is 16.4 Å². The minimum atomic E-state index is -0.0376. The molecule has 0 bridgehead atoms. The van der Waals surface area contributed by atoms with Crippen molar-refractivity contribution in [3.8, 4) is 0 Å². The fourth-order valence-electron chi connectivity index (χ4n) is 9.13. The fourth-order valence-corrected chi connectivity index (χ4v) is 9.13. The number of anilines is 1. The number of unbranched alkanes of at least 4 members (excludes halogenated alkanes) is 1. The smallest absolute Gasteiger partial charge is 0.159 e. The van der Waals surface area contributed by atoms with Gasteiger partial charge in [-0.15, -0.1) is 0 Å². The van der Waals surface area contributed by atoms with Crippen molar-refractivity contribution in [1.29, 1.82) is 0 Å². The van der Waals surface area contributed by atoms with Crippen LogP contribution in [0.15, 0.2) is 155 Å². The molecule has 1 heterocycles. The Balaban J connectivity index is 1.25. The second-order valence-electron chi connectivity index (χ2n) is 15.7. The van der Waals surface area contributed by atoms with E-state index in [0.717, 1.165) is 61.8 Å². The lowest BCUT2D eigenvalue weighted by atomic mass is 9.80. The summed E-state index contributed by atoms with van der Waals surface area (Å²) in [5, 5.41) is 2.37. The number of hydrogen-bond acceptors (Lipinski definition) is 2. The van der Waals surface area contributed by atoms with Crippen molar-refractivity contribution in [3.05, 3.63) is 178 Å². The van der Waals surface area contributed by atoms with Crippen molar-refractivity contribution < 1.29 is 4.42 Å². The average molecular weight is 708 g/mol. The zero-order valence-corrected chi connectivity index (χ0v) is 32.7. The molecule has 1 unspecified atom stereocenters. The maximum Gasteiger partial charge on any atom is 0.159 e. The lowest BCUT2D eigenvalue weighted by Gasteiger charge is -2.32. The molecule has 0 fully saturated rings. The second kappa shape index (κ2) is 14.8. The summed E-state index contributed by atoms with van der Waals surface area (Å²) in [4.78, 5) is 2.48. The van der Waals surface area contributed by atoms with Crippen LogP contribution in [0.5, 0.6) is 0 Å². The van der Waals surface area contributed by atoms with Crippen LogP contribution >= 0.6 is 0 Å². The highest BCUT2D eigenvalue weighted by atomic mass is 16.3. The summed E-state index contributed by atoms with van der Waals surface area (Å²) >= 11 is 0. The lowest BCUT2D eigenvalue weighted by Crippen LogP contribution is -2.24. The van der Waals surface area contributed by atoms with Gasteiger partial charge in [0.15, 0.2) is 5.58 Å². The number of fused-ring (bicyclic) bond motifs is 6. The predicted octanol–water partition coefficient (Wildman–Crippen LogP) is 14.8. The first-order chi connectivity index (χ1) is 26.3. The molecule has 0 saturated heterocycles. The molecular weight excluding hydrogens is 655 g/mol. The largest absolute Gasteiger partial charge is 0.453 e. The van der Waals surface area contributed by atoms with E-state index in [4.69, 9.17) is 4.42 Å². The Morgan fingerprint density at radius 1 is 0.981 bits per heavy atom. The van der Waals surface area contributed by atoms with Crippen LogP contribution in [0.1, 0.15) is 100 Å². The van der Waals surface area contributed by atoms with Crippen molar-refractivity contribution in [2.24, 2.45) is 5.92 Å². The molecule has 2 nitrogen and oxygen atoms in total. The quantitative estimate of drug-likeness (QED) is 0.153. The van der Waals surface area contributed by atoms with Crippen LogP contribution in [0.25, 0.3) is 39.2 Å². The van der Waals surface area contributed by atoms with Gasteiger partial charge in [-0.25, -0.2) is 0 Å². The monoisotopic (exact) mass is 707 g/mol. The normalized spacial score (nSPS) is 19.5. The molecule has 0 radical (unpaired) electrons. The summed E-state index contributed by atoms with van der Waals surface area (Å²) in [7, 11) is 0. The van der Waals surface area contributed by atoms with Gasteiger partial charge in [0, 0.05) is 39.1 Å². The van der Waals surface area contributed by atoms with Gasteiger partial charge in [0.2, 0.25) is 0 Å². The summed E-state index contributed by atoms with van der Waals surface area (Å²) in [5.41, 5.74) is 17.8. The van der Waals surface area contributed by atoms with E-state index >= 15 is 0 Å². The maximum atomic E-state index is 7.18. The van der Waals surface area contributed by atoms with Gasteiger partial charge in [0.25, 0.3) is 0 Å². The summed E-state index contributed by atoms with van der Waals surface area (Å²) in [6, 6.07) is 18.1. The molecular formula is C52H53NO. The Hall–Kier alpha value is -5.34. The first-order valence-corrected chi connectivity index (χ1v) is 20.0. The summed E-state index contributed by atoms with van der Waals surface area (Å²) in [6.45, 7) is 15.4. The van der Waals surface area contributed by atoms with Gasteiger partial charge < -0.3 is 9.32 Å². The third-order valence-corrected chi connectivity index (χ3v) is 12.1. The number of hydrogen-bond donors (Lipinski definition) is 0. The summed E-state index contributed by atoms with van der Waals surface area (Å²) in [6.07, 6.45) is 36.6. The predicted molar refractivity (Wildman–Crippen MR) is 233 cm³/mol. The SMILES string of the molecule is C=C/C(=C\C=C/C)C1C=CC(N(C2=CC=C(c3cccc(/C=C\CCC)c3C)CC2)c2cccc3c2oc2c4c(ccc23)C(C)(C)C2=C4CCC=C2)=CC1. The third kappa shape index (κ3) is 6.16. The number of nitrogens with zero attached hydrogens (tertiary/aromatic N) is 1. The zero-order chi connectivity index (χ0) is 37.4. The molecule has 54 heavy (non-hydrogen) atoms. The van der Waals surface area contributed by atoms with E-state index in [1.165, 1.54) is 72.3 Å². The van der Waals surface area contributed by atoms with E-state index < -0.39 is 0 Å². The third-order valence-electron chi connectivity index (χ3n) is 12.1. The highest BCUT2D eigenvalue weighted by Crippen LogP contribution is 2.54. The first-order valence-electron chi connectivity index (χ1n) is 20.0. The molecule has 0 aliphatic heterocycles. The Morgan fingerprint density at radius 3 is 2.59 bits per heavy atom. The molecule has 2 heteroatoms. The highest BCUT2D eigenvalue weighted by molar-refractivity contribution is 6.13. The van der Waals surface area contributed by atoms with Gasteiger partial charge in [-0.2, -0.15) is 0 Å². The molecule has 0 amide bonds. The molecule has 1 aromatic heterocycles. The lowest BCUT2D eigenvalue weighted by molar-refractivity contribution is 0.644. The van der Waals surface area contributed by atoms with Crippen LogP contribution in [0.4, 0.5) is 5.69 Å². The van der Waals surface area contributed by atoms with Crippen molar-refractivity contribution in [2.45, 2.75) is 85.0 Å². The zero-order valence-electron chi connectivity index (χ0n) is 32.7. The minimum absolute atomic E-state index is 0.0376. The minimum Gasteiger partial charge on any atom is -0.453 e. The van der Waals surface area contributed by atoms with E-state index in [-0.39, 0.29) is 11.3 Å². The first kappa shape index (κ1) is 35.7. The number of benzene rings is 3. The van der Waals surface area contributed by atoms with Crippen LogP contribution in [0, 0.1) is 12.8 Å². The van der Waals surface area contributed by atoms with Crippen LogP contribution in [-0.2, 0) is 5.41 Å². The molecule has 272 valence electrons.